The molecule has 0 saturated carbocycles. The third-order valence-corrected chi connectivity index (χ3v) is 4.70. The van der Waals surface area contributed by atoms with Gasteiger partial charge in [-0.05, 0) is 49.2 Å². The van der Waals surface area contributed by atoms with Crippen molar-refractivity contribution in [2.75, 3.05) is 6.54 Å². The average molecular weight is 353 g/mol. The van der Waals surface area contributed by atoms with Crippen molar-refractivity contribution in [3.05, 3.63) is 60.2 Å². The Labute approximate surface area is 155 Å². The van der Waals surface area contributed by atoms with E-state index in [1.807, 2.05) is 30.3 Å². The summed E-state index contributed by atoms with van der Waals surface area (Å²) in [6, 6.07) is 18.1. The Balaban J connectivity index is 1.69. The van der Waals surface area contributed by atoms with Crippen LogP contribution >= 0.6 is 0 Å². The van der Waals surface area contributed by atoms with Gasteiger partial charge in [-0.2, -0.15) is 0 Å². The fraction of sp³-hybridized carbons (Fsp3) is 0.409. The monoisotopic (exact) mass is 353 g/mol. The lowest BCUT2D eigenvalue weighted by Crippen LogP contribution is -2.36. The Morgan fingerprint density at radius 1 is 1.08 bits per heavy atom. The number of carbonyl (C=O) groups is 1. The van der Waals surface area contributed by atoms with Crippen molar-refractivity contribution in [1.29, 1.82) is 0 Å². The second-order valence-electron chi connectivity index (χ2n) is 6.70. The second-order valence-corrected chi connectivity index (χ2v) is 6.70. The van der Waals surface area contributed by atoms with E-state index in [1.54, 1.807) is 19.1 Å². The number of hydrogen-bond acceptors (Lipinski definition) is 4. The lowest BCUT2D eigenvalue weighted by molar-refractivity contribution is -0.134. The molecular formula is C22H27NO3. The normalized spacial score (nSPS) is 18.1. The van der Waals surface area contributed by atoms with Crippen molar-refractivity contribution < 1.29 is 14.3 Å². The number of esters is 1. The highest BCUT2D eigenvalue weighted by Gasteiger charge is 2.21. The van der Waals surface area contributed by atoms with Gasteiger partial charge in [0, 0.05) is 18.9 Å². The summed E-state index contributed by atoms with van der Waals surface area (Å²) < 4.78 is 11.5. The first-order valence-corrected chi connectivity index (χ1v) is 9.50. The molecule has 3 rings (SSSR count). The summed E-state index contributed by atoms with van der Waals surface area (Å²) in [5.74, 6) is 1.10. The average Bonchev–Trinajstić information content (AvgIpc) is 2.70. The molecule has 0 radical (unpaired) electrons. The Morgan fingerprint density at radius 2 is 1.81 bits per heavy atom. The molecule has 4 heteroatoms. The maximum absolute atomic E-state index is 11.4. The number of benzene rings is 2. The molecule has 0 amide bonds. The maximum Gasteiger partial charge on any atom is 0.310 e. The molecule has 1 aliphatic rings. The number of rotatable bonds is 7. The molecule has 1 fully saturated rings. The number of ether oxygens (including phenoxy) is 2. The molecule has 26 heavy (non-hydrogen) atoms. The fourth-order valence-electron chi connectivity index (χ4n) is 3.26. The largest absolute Gasteiger partial charge is 0.486 e. The van der Waals surface area contributed by atoms with Gasteiger partial charge >= 0.3 is 5.97 Å². The van der Waals surface area contributed by atoms with Gasteiger partial charge in [-0.3, -0.25) is 4.79 Å². The van der Waals surface area contributed by atoms with E-state index in [-0.39, 0.29) is 12.1 Å². The second kappa shape index (κ2) is 9.39. The third kappa shape index (κ3) is 5.33. The van der Waals surface area contributed by atoms with Gasteiger partial charge in [0.05, 0.1) is 0 Å². The quantitative estimate of drug-likeness (QED) is 0.581. The summed E-state index contributed by atoms with van der Waals surface area (Å²) in [5, 5.41) is 3.60. The molecule has 2 atom stereocenters. The molecule has 0 aliphatic carbocycles. The van der Waals surface area contributed by atoms with Crippen molar-refractivity contribution in [1.82, 2.24) is 5.32 Å². The van der Waals surface area contributed by atoms with Gasteiger partial charge < -0.3 is 14.8 Å². The number of piperidine rings is 1. The minimum atomic E-state index is -0.232. The van der Waals surface area contributed by atoms with Crippen LogP contribution in [-0.4, -0.2) is 18.6 Å². The highest BCUT2D eigenvalue weighted by Crippen LogP contribution is 2.29. The van der Waals surface area contributed by atoms with Gasteiger partial charge in [0.25, 0.3) is 0 Å². The molecule has 138 valence electrons. The standard InChI is InChI=1S/C22H27NO3/c1-2-22(24)26-20-13-11-19(12-14-20)25-21(17-8-4-3-5-9-17)16-18-10-6-7-15-23-18/h3-5,8-9,11-14,18,21,23H,2,6-7,10,15-16H2,1H3. The van der Waals surface area contributed by atoms with Gasteiger partial charge in [-0.1, -0.05) is 43.7 Å². The molecule has 0 aromatic heterocycles. The van der Waals surface area contributed by atoms with Gasteiger partial charge in [-0.25, -0.2) is 0 Å². The van der Waals surface area contributed by atoms with E-state index in [9.17, 15) is 4.79 Å². The van der Waals surface area contributed by atoms with E-state index in [0.717, 1.165) is 18.7 Å². The lowest BCUT2D eigenvalue weighted by Gasteiger charge is -2.28. The van der Waals surface area contributed by atoms with Crippen LogP contribution in [0.5, 0.6) is 11.5 Å². The summed E-state index contributed by atoms with van der Waals surface area (Å²) in [6.45, 7) is 2.87. The van der Waals surface area contributed by atoms with Gasteiger partial charge in [0.15, 0.2) is 0 Å². The summed E-state index contributed by atoms with van der Waals surface area (Å²) in [7, 11) is 0. The zero-order valence-corrected chi connectivity index (χ0v) is 15.3. The van der Waals surface area contributed by atoms with E-state index in [4.69, 9.17) is 9.47 Å². The number of carbonyl (C=O) groups excluding carboxylic acids is 1. The van der Waals surface area contributed by atoms with E-state index in [0.29, 0.717) is 18.2 Å². The van der Waals surface area contributed by atoms with Crippen LogP contribution in [0, 0.1) is 0 Å². The van der Waals surface area contributed by atoms with Gasteiger partial charge in [0.1, 0.15) is 17.6 Å². The molecule has 2 unspecified atom stereocenters. The summed E-state index contributed by atoms with van der Waals surface area (Å²) >= 11 is 0. The molecule has 2 aromatic rings. The molecule has 1 heterocycles. The van der Waals surface area contributed by atoms with Crippen molar-refractivity contribution in [3.63, 3.8) is 0 Å². The zero-order valence-electron chi connectivity index (χ0n) is 15.3. The Bertz CT molecular complexity index is 678. The van der Waals surface area contributed by atoms with Crippen LogP contribution < -0.4 is 14.8 Å². The third-order valence-electron chi connectivity index (χ3n) is 4.70. The minimum Gasteiger partial charge on any atom is -0.486 e. The molecule has 0 spiro atoms. The van der Waals surface area contributed by atoms with Crippen LogP contribution in [-0.2, 0) is 4.79 Å². The Morgan fingerprint density at radius 3 is 2.46 bits per heavy atom. The smallest absolute Gasteiger partial charge is 0.310 e. The molecule has 0 bridgehead atoms. The van der Waals surface area contributed by atoms with E-state index in [1.165, 1.54) is 24.8 Å². The molecule has 1 N–H and O–H groups in total. The highest BCUT2D eigenvalue weighted by molar-refractivity contribution is 5.71. The van der Waals surface area contributed by atoms with Gasteiger partial charge in [0.2, 0.25) is 0 Å². The molecular weight excluding hydrogens is 326 g/mol. The van der Waals surface area contributed by atoms with E-state index < -0.39 is 0 Å². The van der Waals surface area contributed by atoms with Crippen LogP contribution in [0.25, 0.3) is 0 Å². The molecule has 1 saturated heterocycles. The molecule has 1 aliphatic heterocycles. The Kier molecular flexibility index (Phi) is 6.67. The molecule has 4 nitrogen and oxygen atoms in total. The topological polar surface area (TPSA) is 47.6 Å². The summed E-state index contributed by atoms with van der Waals surface area (Å²) in [4.78, 5) is 11.4. The summed E-state index contributed by atoms with van der Waals surface area (Å²) in [6.07, 6.45) is 5.02. The number of nitrogens with one attached hydrogen (secondary N) is 1. The van der Waals surface area contributed by atoms with Crippen molar-refractivity contribution in [2.45, 2.75) is 51.2 Å². The van der Waals surface area contributed by atoms with Crippen molar-refractivity contribution in [3.8, 4) is 11.5 Å². The first-order valence-electron chi connectivity index (χ1n) is 9.50. The molecule has 2 aromatic carbocycles. The fourth-order valence-corrected chi connectivity index (χ4v) is 3.26. The first kappa shape index (κ1) is 18.5. The minimum absolute atomic E-state index is 0.00385. The number of hydrogen-bond donors (Lipinski definition) is 1. The Hall–Kier alpha value is -2.33. The lowest BCUT2D eigenvalue weighted by atomic mass is 9.96. The van der Waals surface area contributed by atoms with E-state index in [2.05, 4.69) is 17.4 Å². The van der Waals surface area contributed by atoms with Crippen LogP contribution in [0.4, 0.5) is 0 Å². The van der Waals surface area contributed by atoms with E-state index >= 15 is 0 Å². The van der Waals surface area contributed by atoms with Crippen LogP contribution in [0.1, 0.15) is 50.7 Å². The zero-order chi connectivity index (χ0) is 18.2. The predicted molar refractivity (Wildman–Crippen MR) is 102 cm³/mol. The highest BCUT2D eigenvalue weighted by atomic mass is 16.5. The SMILES string of the molecule is CCC(=O)Oc1ccc(OC(CC2CCCCN2)c2ccccc2)cc1. The van der Waals surface area contributed by atoms with Crippen LogP contribution in [0.2, 0.25) is 0 Å². The van der Waals surface area contributed by atoms with Crippen LogP contribution in [0.3, 0.4) is 0 Å². The van der Waals surface area contributed by atoms with Crippen LogP contribution in [0.15, 0.2) is 54.6 Å². The van der Waals surface area contributed by atoms with Gasteiger partial charge in [-0.15, -0.1) is 0 Å². The van der Waals surface area contributed by atoms with Crippen molar-refractivity contribution in [2.24, 2.45) is 0 Å². The maximum atomic E-state index is 11.4. The first-order chi connectivity index (χ1) is 12.7. The predicted octanol–water partition coefficient (Wildman–Crippen LogP) is 4.65. The van der Waals surface area contributed by atoms with Crippen molar-refractivity contribution >= 4 is 5.97 Å². The summed E-state index contributed by atoms with van der Waals surface area (Å²) in [5.41, 5.74) is 1.18.